The lowest BCUT2D eigenvalue weighted by Crippen LogP contribution is -2.36. The Hall–Kier alpha value is -3.77. The lowest BCUT2D eigenvalue weighted by Gasteiger charge is -2.24. The molecule has 178 valence electrons. The third-order valence-corrected chi connectivity index (χ3v) is 6.25. The summed E-state index contributed by atoms with van der Waals surface area (Å²) < 4.78 is 24.8. The first kappa shape index (κ1) is 23.0. The van der Waals surface area contributed by atoms with Crippen molar-refractivity contribution in [2.45, 2.75) is 13.0 Å². The molecule has 3 aromatic carbocycles. The van der Waals surface area contributed by atoms with Gasteiger partial charge in [-0.25, -0.2) is 4.39 Å². The number of halogens is 1. The zero-order valence-corrected chi connectivity index (χ0v) is 19.4. The van der Waals surface area contributed by atoms with Gasteiger partial charge in [-0.2, -0.15) is 0 Å². The molecule has 1 saturated heterocycles. The van der Waals surface area contributed by atoms with Gasteiger partial charge in [-0.05, 0) is 59.3 Å². The number of carbonyl (C=O) groups excluding carboxylic acids is 1. The first-order valence-electron chi connectivity index (χ1n) is 11.8. The number of rotatable bonds is 6. The molecule has 0 spiro atoms. The molecule has 0 saturated carbocycles. The Kier molecular flexibility index (Phi) is 7.00. The minimum absolute atomic E-state index is 0.0303. The van der Waals surface area contributed by atoms with Gasteiger partial charge < -0.3 is 14.4 Å². The molecule has 0 unspecified atom stereocenters. The van der Waals surface area contributed by atoms with E-state index in [0.717, 1.165) is 22.8 Å². The fourth-order valence-corrected chi connectivity index (χ4v) is 4.43. The smallest absolute Gasteiger partial charge is 0.254 e. The van der Waals surface area contributed by atoms with Gasteiger partial charge in [0.2, 0.25) is 0 Å². The summed E-state index contributed by atoms with van der Waals surface area (Å²) in [6.45, 7) is 2.64. The molecule has 4 aromatic rings. The summed E-state index contributed by atoms with van der Waals surface area (Å²) in [4.78, 5) is 19.4. The van der Waals surface area contributed by atoms with E-state index in [2.05, 4.69) is 23.2 Å². The average Bonchev–Trinajstić information content (AvgIpc) is 3.13. The molecule has 1 amide bonds. The molecule has 1 aromatic heterocycles. The van der Waals surface area contributed by atoms with Gasteiger partial charge in [0.25, 0.3) is 5.91 Å². The van der Waals surface area contributed by atoms with E-state index in [4.69, 9.17) is 9.47 Å². The number of pyridine rings is 1. The standard InChI is InChI=1S/C29H27FN2O3/c30-27-8-5-21(6-9-27)20-35-28-3-1-2-25(16-28)29(33)32-12-13-34-19-23(18-32)14-22-4-7-26-17-31-11-10-24(26)15-22/h1-11,15-17,23H,12-14,18-20H2/t23-/m1/s1. The van der Waals surface area contributed by atoms with Crippen molar-refractivity contribution in [3.8, 4) is 5.75 Å². The van der Waals surface area contributed by atoms with Gasteiger partial charge in [-0.1, -0.05) is 36.4 Å². The monoisotopic (exact) mass is 470 g/mol. The van der Waals surface area contributed by atoms with Gasteiger partial charge in [0, 0.05) is 42.4 Å². The topological polar surface area (TPSA) is 51.7 Å². The van der Waals surface area contributed by atoms with E-state index < -0.39 is 0 Å². The maximum absolute atomic E-state index is 13.4. The molecule has 1 fully saturated rings. The Morgan fingerprint density at radius 1 is 1.03 bits per heavy atom. The number of fused-ring (bicyclic) bond motifs is 1. The van der Waals surface area contributed by atoms with Crippen molar-refractivity contribution in [1.29, 1.82) is 0 Å². The van der Waals surface area contributed by atoms with Crippen LogP contribution in [0, 0.1) is 11.7 Å². The molecule has 35 heavy (non-hydrogen) atoms. The van der Waals surface area contributed by atoms with Crippen LogP contribution >= 0.6 is 0 Å². The number of amides is 1. The summed E-state index contributed by atoms with van der Waals surface area (Å²) in [7, 11) is 0. The average molecular weight is 471 g/mol. The Morgan fingerprint density at radius 3 is 2.77 bits per heavy atom. The molecule has 0 bridgehead atoms. The van der Waals surface area contributed by atoms with E-state index >= 15 is 0 Å². The van der Waals surface area contributed by atoms with Crippen molar-refractivity contribution in [3.63, 3.8) is 0 Å². The number of nitrogens with zero attached hydrogens (tertiary/aromatic N) is 2. The van der Waals surface area contributed by atoms with Gasteiger partial charge in [-0.15, -0.1) is 0 Å². The lowest BCUT2D eigenvalue weighted by molar-refractivity contribution is 0.0737. The third kappa shape index (κ3) is 5.84. The SMILES string of the molecule is O=C(c1cccc(OCc2ccc(F)cc2)c1)N1CCOC[C@H](Cc2ccc3cnccc3c2)C1. The minimum atomic E-state index is -0.279. The zero-order valence-electron chi connectivity index (χ0n) is 19.4. The molecular formula is C29H27FN2O3. The van der Waals surface area contributed by atoms with Crippen LogP contribution in [0.1, 0.15) is 21.5 Å². The van der Waals surface area contributed by atoms with E-state index in [1.165, 1.54) is 17.7 Å². The molecule has 5 nitrogen and oxygen atoms in total. The van der Waals surface area contributed by atoms with Crippen LogP contribution in [0.15, 0.2) is 85.2 Å². The third-order valence-electron chi connectivity index (χ3n) is 6.25. The van der Waals surface area contributed by atoms with Crippen molar-refractivity contribution in [2.75, 3.05) is 26.3 Å². The van der Waals surface area contributed by atoms with Crippen LogP contribution in [0.25, 0.3) is 10.8 Å². The maximum Gasteiger partial charge on any atom is 0.254 e. The fraction of sp³-hybridized carbons (Fsp3) is 0.241. The molecule has 6 heteroatoms. The van der Waals surface area contributed by atoms with Gasteiger partial charge in [-0.3, -0.25) is 9.78 Å². The Balaban J connectivity index is 1.24. The predicted molar refractivity (Wildman–Crippen MR) is 133 cm³/mol. The maximum atomic E-state index is 13.4. The molecule has 0 aliphatic carbocycles. The van der Waals surface area contributed by atoms with E-state index in [1.54, 1.807) is 24.4 Å². The van der Waals surface area contributed by atoms with Crippen LogP contribution < -0.4 is 4.74 Å². The number of hydrogen-bond donors (Lipinski definition) is 0. The highest BCUT2D eigenvalue weighted by Crippen LogP contribution is 2.21. The quantitative estimate of drug-likeness (QED) is 0.385. The van der Waals surface area contributed by atoms with Gasteiger partial charge in [0.15, 0.2) is 0 Å². The molecule has 0 N–H and O–H groups in total. The lowest BCUT2D eigenvalue weighted by atomic mass is 9.97. The van der Waals surface area contributed by atoms with Crippen molar-refractivity contribution in [3.05, 3.63) is 108 Å². The molecule has 1 aliphatic heterocycles. The Labute approximate surface area is 204 Å². The van der Waals surface area contributed by atoms with E-state index in [9.17, 15) is 9.18 Å². The molecular weight excluding hydrogens is 443 g/mol. The Bertz CT molecular complexity index is 1310. The summed E-state index contributed by atoms with van der Waals surface area (Å²) in [6.07, 6.45) is 4.51. The van der Waals surface area contributed by atoms with Crippen LogP contribution in [-0.4, -0.2) is 42.1 Å². The zero-order chi connectivity index (χ0) is 24.0. The summed E-state index contributed by atoms with van der Waals surface area (Å²) in [6, 6.07) is 21.8. The normalized spacial score (nSPS) is 16.1. The van der Waals surface area contributed by atoms with Gasteiger partial charge >= 0.3 is 0 Å². The first-order chi connectivity index (χ1) is 17.1. The predicted octanol–water partition coefficient (Wildman–Crippen LogP) is 5.28. The summed E-state index contributed by atoms with van der Waals surface area (Å²) >= 11 is 0. The number of aromatic nitrogens is 1. The second-order valence-corrected chi connectivity index (χ2v) is 8.90. The first-order valence-corrected chi connectivity index (χ1v) is 11.8. The van der Waals surface area contributed by atoms with Crippen molar-refractivity contribution in [1.82, 2.24) is 9.88 Å². The van der Waals surface area contributed by atoms with E-state index in [-0.39, 0.29) is 17.6 Å². The molecule has 0 radical (unpaired) electrons. The van der Waals surface area contributed by atoms with Gasteiger partial charge in [0.1, 0.15) is 18.2 Å². The van der Waals surface area contributed by atoms with Crippen LogP contribution in [0.4, 0.5) is 4.39 Å². The van der Waals surface area contributed by atoms with Crippen molar-refractivity contribution in [2.24, 2.45) is 5.92 Å². The highest BCUT2D eigenvalue weighted by atomic mass is 19.1. The van der Waals surface area contributed by atoms with E-state index in [1.807, 2.05) is 35.4 Å². The van der Waals surface area contributed by atoms with Crippen LogP contribution in [0.2, 0.25) is 0 Å². The molecule has 1 atom stereocenters. The van der Waals surface area contributed by atoms with Crippen LogP contribution in [-0.2, 0) is 17.8 Å². The number of hydrogen-bond acceptors (Lipinski definition) is 4. The highest BCUT2D eigenvalue weighted by molar-refractivity contribution is 5.94. The van der Waals surface area contributed by atoms with Crippen molar-refractivity contribution >= 4 is 16.7 Å². The summed E-state index contributed by atoms with van der Waals surface area (Å²) in [5, 5.41) is 2.28. The Morgan fingerprint density at radius 2 is 1.89 bits per heavy atom. The second kappa shape index (κ2) is 10.7. The molecule has 1 aliphatic rings. The van der Waals surface area contributed by atoms with Crippen LogP contribution in [0.3, 0.4) is 0 Å². The van der Waals surface area contributed by atoms with E-state index in [0.29, 0.717) is 44.2 Å². The second-order valence-electron chi connectivity index (χ2n) is 8.90. The molecule has 2 heterocycles. The number of carbonyl (C=O) groups is 1. The summed E-state index contributed by atoms with van der Waals surface area (Å²) in [5.41, 5.74) is 2.67. The number of benzene rings is 3. The van der Waals surface area contributed by atoms with Crippen molar-refractivity contribution < 1.29 is 18.7 Å². The minimum Gasteiger partial charge on any atom is -0.489 e. The highest BCUT2D eigenvalue weighted by Gasteiger charge is 2.24. The largest absolute Gasteiger partial charge is 0.489 e. The number of ether oxygens (including phenoxy) is 2. The molecule has 5 rings (SSSR count). The van der Waals surface area contributed by atoms with Gasteiger partial charge in [0.05, 0.1) is 13.2 Å². The summed E-state index contributed by atoms with van der Waals surface area (Å²) in [5.74, 6) is 0.503. The van der Waals surface area contributed by atoms with Crippen LogP contribution in [0.5, 0.6) is 5.75 Å². The fourth-order valence-electron chi connectivity index (χ4n) is 4.43.